The lowest BCUT2D eigenvalue weighted by Gasteiger charge is -2.34. The fourth-order valence-corrected chi connectivity index (χ4v) is 3.89. The number of rotatable bonds is 3. The Hall–Kier alpha value is -1.50. The number of likely N-dealkylation sites (tertiary alicyclic amines) is 1. The van der Waals surface area contributed by atoms with Crippen molar-refractivity contribution in [3.05, 3.63) is 18.2 Å². The molecule has 7 heteroatoms. The maximum atomic E-state index is 12.4. The maximum Gasteiger partial charge on any atom is 0.242 e. The van der Waals surface area contributed by atoms with Gasteiger partial charge in [0, 0.05) is 25.5 Å². The van der Waals surface area contributed by atoms with Crippen LogP contribution in [0, 0.1) is 6.92 Å². The minimum atomic E-state index is 0.0633. The van der Waals surface area contributed by atoms with Crippen molar-refractivity contribution in [2.45, 2.75) is 25.8 Å². The largest absolute Gasteiger partial charge is 0.339 e. The lowest BCUT2D eigenvalue weighted by molar-refractivity contribution is -0.139. The van der Waals surface area contributed by atoms with Crippen LogP contribution < -0.4 is 0 Å². The molecule has 3 rings (SSSR count). The second kappa shape index (κ2) is 6.09. The number of thioether (sulfide) groups is 1. The number of nitrogens with zero attached hydrogens (tertiary/aromatic N) is 4. The van der Waals surface area contributed by atoms with E-state index >= 15 is 0 Å². The first-order valence-electron chi connectivity index (χ1n) is 7.28. The zero-order valence-corrected chi connectivity index (χ0v) is 13.0. The molecule has 2 aliphatic rings. The van der Waals surface area contributed by atoms with E-state index in [0.717, 1.165) is 25.2 Å². The Balaban J connectivity index is 1.61. The molecule has 0 aromatic carbocycles. The minimum absolute atomic E-state index is 0.0633. The fourth-order valence-electron chi connectivity index (χ4n) is 2.99. The van der Waals surface area contributed by atoms with Crippen LogP contribution in [0.3, 0.4) is 0 Å². The molecular formula is C14H20N4O2S. The number of carbonyl (C=O) groups excluding carboxylic acids is 2. The van der Waals surface area contributed by atoms with Gasteiger partial charge in [-0.15, -0.1) is 11.8 Å². The van der Waals surface area contributed by atoms with Crippen LogP contribution >= 0.6 is 11.8 Å². The molecule has 21 heavy (non-hydrogen) atoms. The molecule has 1 unspecified atom stereocenters. The first-order valence-corrected chi connectivity index (χ1v) is 8.43. The number of aryl methyl sites for hydroxylation is 1. The Morgan fingerprint density at radius 2 is 2.38 bits per heavy atom. The molecule has 2 amide bonds. The van der Waals surface area contributed by atoms with Crippen molar-refractivity contribution in [2.24, 2.45) is 0 Å². The maximum absolute atomic E-state index is 12.4. The van der Waals surface area contributed by atoms with Gasteiger partial charge >= 0.3 is 0 Å². The summed E-state index contributed by atoms with van der Waals surface area (Å²) in [6, 6.07) is 0.300. The van der Waals surface area contributed by atoms with Crippen molar-refractivity contribution in [1.82, 2.24) is 19.4 Å². The quantitative estimate of drug-likeness (QED) is 0.832. The highest BCUT2D eigenvalue weighted by molar-refractivity contribution is 8.00. The molecule has 1 aromatic heterocycles. The number of hydrogen-bond acceptors (Lipinski definition) is 4. The Kier molecular flexibility index (Phi) is 4.19. The Morgan fingerprint density at radius 3 is 3.05 bits per heavy atom. The molecule has 0 saturated carbocycles. The van der Waals surface area contributed by atoms with E-state index in [4.69, 9.17) is 0 Å². The second-order valence-corrected chi connectivity index (χ2v) is 6.54. The van der Waals surface area contributed by atoms with E-state index in [1.807, 2.05) is 18.0 Å². The molecule has 0 spiro atoms. The van der Waals surface area contributed by atoms with Gasteiger partial charge in [0.15, 0.2) is 0 Å². The Labute approximate surface area is 128 Å². The predicted octanol–water partition coefficient (Wildman–Crippen LogP) is 0.888. The van der Waals surface area contributed by atoms with Crippen LogP contribution in [0.5, 0.6) is 0 Å². The summed E-state index contributed by atoms with van der Waals surface area (Å²) in [6.07, 6.45) is 5.85. The van der Waals surface area contributed by atoms with E-state index in [-0.39, 0.29) is 18.4 Å². The molecule has 2 fully saturated rings. The number of imidazole rings is 1. The van der Waals surface area contributed by atoms with E-state index in [1.165, 1.54) is 0 Å². The number of piperidine rings is 1. The summed E-state index contributed by atoms with van der Waals surface area (Å²) >= 11 is 1.57. The molecule has 114 valence electrons. The fraction of sp³-hybridized carbons (Fsp3) is 0.643. The smallest absolute Gasteiger partial charge is 0.242 e. The summed E-state index contributed by atoms with van der Waals surface area (Å²) in [7, 11) is 0. The predicted molar refractivity (Wildman–Crippen MR) is 80.9 cm³/mol. The van der Waals surface area contributed by atoms with Crippen LogP contribution in [0.25, 0.3) is 0 Å². The van der Waals surface area contributed by atoms with Crippen molar-refractivity contribution >= 4 is 23.6 Å². The number of aromatic nitrogens is 2. The average molecular weight is 308 g/mol. The van der Waals surface area contributed by atoms with Gasteiger partial charge in [0.25, 0.3) is 0 Å². The van der Waals surface area contributed by atoms with Gasteiger partial charge in [-0.2, -0.15) is 0 Å². The highest BCUT2D eigenvalue weighted by atomic mass is 32.2. The van der Waals surface area contributed by atoms with Crippen molar-refractivity contribution in [3.63, 3.8) is 0 Å². The van der Waals surface area contributed by atoms with Crippen molar-refractivity contribution in [3.8, 4) is 0 Å². The molecule has 1 atom stereocenters. The molecular weight excluding hydrogens is 288 g/mol. The molecule has 2 aliphatic heterocycles. The average Bonchev–Trinajstić information content (AvgIpc) is 3.08. The first kappa shape index (κ1) is 14.4. The summed E-state index contributed by atoms with van der Waals surface area (Å²) in [5.74, 6) is 2.27. The van der Waals surface area contributed by atoms with Crippen LogP contribution in [-0.2, 0) is 9.59 Å². The van der Waals surface area contributed by atoms with Crippen LogP contribution in [-0.4, -0.2) is 62.4 Å². The van der Waals surface area contributed by atoms with E-state index in [1.54, 1.807) is 22.9 Å². The van der Waals surface area contributed by atoms with Crippen LogP contribution in [0.2, 0.25) is 0 Å². The van der Waals surface area contributed by atoms with Crippen molar-refractivity contribution in [1.29, 1.82) is 0 Å². The summed E-state index contributed by atoms with van der Waals surface area (Å²) in [5, 5.41) is 0. The van der Waals surface area contributed by atoms with Gasteiger partial charge in [0.05, 0.1) is 17.7 Å². The summed E-state index contributed by atoms with van der Waals surface area (Å²) in [4.78, 5) is 31.8. The third kappa shape index (κ3) is 3.07. The third-order valence-corrected chi connectivity index (χ3v) is 5.10. The molecule has 6 nitrogen and oxygen atoms in total. The van der Waals surface area contributed by atoms with Gasteiger partial charge in [-0.25, -0.2) is 4.98 Å². The van der Waals surface area contributed by atoms with Crippen molar-refractivity contribution in [2.75, 3.05) is 31.3 Å². The summed E-state index contributed by atoms with van der Waals surface area (Å²) in [5.41, 5.74) is 0. The molecule has 0 radical (unpaired) electrons. The van der Waals surface area contributed by atoms with E-state index in [0.29, 0.717) is 24.2 Å². The van der Waals surface area contributed by atoms with Gasteiger partial charge in [-0.1, -0.05) is 0 Å². The Bertz CT molecular complexity index is 545. The molecule has 1 aromatic rings. The highest BCUT2D eigenvalue weighted by Gasteiger charge is 2.29. The molecule has 0 aliphatic carbocycles. The lowest BCUT2D eigenvalue weighted by atomic mass is 10.1. The summed E-state index contributed by atoms with van der Waals surface area (Å²) in [6.45, 7) is 3.71. The lowest BCUT2D eigenvalue weighted by Crippen LogP contribution is -2.46. The normalized spacial score (nSPS) is 22.9. The molecule has 2 saturated heterocycles. The van der Waals surface area contributed by atoms with Gasteiger partial charge in [-0.05, 0) is 19.8 Å². The van der Waals surface area contributed by atoms with Crippen LogP contribution in [0.4, 0.5) is 0 Å². The van der Waals surface area contributed by atoms with Crippen LogP contribution in [0.1, 0.15) is 24.7 Å². The summed E-state index contributed by atoms with van der Waals surface area (Å²) < 4.78 is 2.15. The topological polar surface area (TPSA) is 58.4 Å². The zero-order valence-electron chi connectivity index (χ0n) is 12.2. The monoisotopic (exact) mass is 308 g/mol. The SMILES string of the molecule is Cc1nccn1C1CCCN(C(=O)CN2CSCC2=O)C1. The van der Waals surface area contributed by atoms with Crippen molar-refractivity contribution < 1.29 is 9.59 Å². The van der Waals surface area contributed by atoms with Gasteiger partial charge in [0.2, 0.25) is 11.8 Å². The Morgan fingerprint density at radius 1 is 1.52 bits per heavy atom. The second-order valence-electron chi connectivity index (χ2n) is 5.59. The minimum Gasteiger partial charge on any atom is -0.339 e. The zero-order chi connectivity index (χ0) is 14.8. The molecule has 0 N–H and O–H groups in total. The first-order chi connectivity index (χ1) is 10.1. The van der Waals surface area contributed by atoms with E-state index in [2.05, 4.69) is 9.55 Å². The van der Waals surface area contributed by atoms with Gasteiger partial charge in [0.1, 0.15) is 12.4 Å². The standard InChI is InChI=1S/C14H20N4O2S/c1-11-15-4-6-18(11)12-3-2-5-16(7-12)13(19)8-17-10-21-9-14(17)20/h4,6,12H,2-3,5,7-10H2,1H3. The van der Waals surface area contributed by atoms with Gasteiger partial charge < -0.3 is 14.4 Å². The van der Waals surface area contributed by atoms with E-state index in [9.17, 15) is 9.59 Å². The number of amides is 2. The number of hydrogen-bond donors (Lipinski definition) is 0. The third-order valence-electron chi connectivity index (χ3n) is 4.16. The highest BCUT2D eigenvalue weighted by Crippen LogP contribution is 2.23. The van der Waals surface area contributed by atoms with E-state index < -0.39 is 0 Å². The number of carbonyl (C=O) groups is 2. The van der Waals surface area contributed by atoms with Crippen LogP contribution in [0.15, 0.2) is 12.4 Å². The molecule has 0 bridgehead atoms. The molecule has 3 heterocycles. The van der Waals surface area contributed by atoms with Gasteiger partial charge in [-0.3, -0.25) is 9.59 Å².